The molecule has 2 aliphatic rings. The molecule has 6 nitrogen and oxygen atoms in total. The molecule has 0 aliphatic carbocycles. The summed E-state index contributed by atoms with van der Waals surface area (Å²) in [6.07, 6.45) is 3.33. The van der Waals surface area contributed by atoms with Crippen molar-refractivity contribution in [1.82, 2.24) is 15.1 Å². The summed E-state index contributed by atoms with van der Waals surface area (Å²) in [6, 6.07) is 18.5. The standard InChI is InChI=1S/C24H27N3O3/c1-18-10-8-9-15-26(18)21(28)17-27-22(29)24(25-23(27)30,20-13-6-3-7-14-20)16-19-11-4-2-5-12-19/h2-7,11-14,18H,8-10,15-17H2,1H3,(H,25,30)/t18-,24-/m1/s1. The van der Waals surface area contributed by atoms with Crippen molar-refractivity contribution < 1.29 is 14.4 Å². The minimum Gasteiger partial charge on any atom is -0.338 e. The van der Waals surface area contributed by atoms with Crippen LogP contribution in [0.1, 0.15) is 37.3 Å². The number of hydrogen-bond acceptors (Lipinski definition) is 3. The van der Waals surface area contributed by atoms with E-state index in [4.69, 9.17) is 0 Å². The largest absolute Gasteiger partial charge is 0.338 e. The highest BCUT2D eigenvalue weighted by molar-refractivity contribution is 6.09. The lowest BCUT2D eigenvalue weighted by Gasteiger charge is -2.34. The average Bonchev–Trinajstić information content (AvgIpc) is 3.00. The molecule has 4 amide bonds. The average molecular weight is 405 g/mol. The van der Waals surface area contributed by atoms with Crippen molar-refractivity contribution in [2.75, 3.05) is 13.1 Å². The molecule has 4 rings (SSSR count). The summed E-state index contributed by atoms with van der Waals surface area (Å²) >= 11 is 0. The minimum atomic E-state index is -1.21. The molecule has 2 aromatic rings. The Morgan fingerprint density at radius 1 is 1.03 bits per heavy atom. The van der Waals surface area contributed by atoms with Crippen LogP contribution in [-0.2, 0) is 21.5 Å². The van der Waals surface area contributed by atoms with E-state index >= 15 is 0 Å². The summed E-state index contributed by atoms with van der Waals surface area (Å²) in [4.78, 5) is 42.3. The predicted molar refractivity (Wildman–Crippen MR) is 114 cm³/mol. The molecule has 0 spiro atoms. The van der Waals surface area contributed by atoms with E-state index < -0.39 is 11.6 Å². The minimum absolute atomic E-state index is 0.134. The molecule has 0 bridgehead atoms. The highest BCUT2D eigenvalue weighted by Crippen LogP contribution is 2.33. The van der Waals surface area contributed by atoms with Gasteiger partial charge in [-0.2, -0.15) is 0 Å². The van der Waals surface area contributed by atoms with E-state index in [0.29, 0.717) is 18.5 Å². The van der Waals surface area contributed by atoms with E-state index in [9.17, 15) is 14.4 Å². The van der Waals surface area contributed by atoms with Crippen molar-refractivity contribution in [3.63, 3.8) is 0 Å². The van der Waals surface area contributed by atoms with Crippen LogP contribution in [0, 0.1) is 0 Å². The third kappa shape index (κ3) is 3.70. The monoisotopic (exact) mass is 405 g/mol. The van der Waals surface area contributed by atoms with Crippen LogP contribution < -0.4 is 5.32 Å². The number of benzene rings is 2. The number of urea groups is 1. The lowest BCUT2D eigenvalue weighted by Crippen LogP contribution is -2.49. The molecule has 156 valence electrons. The summed E-state index contributed by atoms with van der Waals surface area (Å²) in [7, 11) is 0. The molecule has 2 atom stereocenters. The number of carbonyl (C=O) groups excluding carboxylic acids is 3. The molecule has 30 heavy (non-hydrogen) atoms. The van der Waals surface area contributed by atoms with Crippen LogP contribution in [-0.4, -0.2) is 46.8 Å². The smallest absolute Gasteiger partial charge is 0.325 e. The van der Waals surface area contributed by atoms with Crippen molar-refractivity contribution in [3.05, 3.63) is 71.8 Å². The van der Waals surface area contributed by atoms with Crippen LogP contribution in [0.5, 0.6) is 0 Å². The Morgan fingerprint density at radius 2 is 1.70 bits per heavy atom. The third-order valence-electron chi connectivity index (χ3n) is 6.17. The van der Waals surface area contributed by atoms with Crippen LogP contribution in [0.4, 0.5) is 4.79 Å². The third-order valence-corrected chi connectivity index (χ3v) is 6.17. The Labute approximate surface area is 176 Å². The van der Waals surface area contributed by atoms with Crippen LogP contribution in [0.15, 0.2) is 60.7 Å². The van der Waals surface area contributed by atoms with Gasteiger partial charge in [0.1, 0.15) is 6.54 Å². The number of likely N-dealkylation sites (tertiary alicyclic amines) is 1. The predicted octanol–water partition coefficient (Wildman–Crippen LogP) is 3.08. The number of rotatable bonds is 5. The van der Waals surface area contributed by atoms with E-state index in [1.54, 1.807) is 4.90 Å². The van der Waals surface area contributed by atoms with Crippen LogP contribution in [0.2, 0.25) is 0 Å². The zero-order valence-corrected chi connectivity index (χ0v) is 17.2. The number of nitrogens with one attached hydrogen (secondary N) is 1. The fourth-order valence-electron chi connectivity index (χ4n) is 4.51. The maximum Gasteiger partial charge on any atom is 0.325 e. The molecule has 0 unspecified atom stereocenters. The molecule has 2 aliphatic heterocycles. The Morgan fingerprint density at radius 3 is 2.37 bits per heavy atom. The lowest BCUT2D eigenvalue weighted by molar-refractivity contribution is -0.141. The number of imide groups is 1. The first kappa shape index (κ1) is 20.1. The highest BCUT2D eigenvalue weighted by Gasteiger charge is 2.53. The van der Waals surface area contributed by atoms with Gasteiger partial charge < -0.3 is 10.2 Å². The maximum atomic E-state index is 13.6. The number of carbonyl (C=O) groups is 3. The first-order chi connectivity index (χ1) is 14.5. The van der Waals surface area contributed by atoms with Gasteiger partial charge in [-0.05, 0) is 37.3 Å². The van der Waals surface area contributed by atoms with E-state index in [2.05, 4.69) is 5.32 Å². The van der Waals surface area contributed by atoms with Gasteiger partial charge in [0.2, 0.25) is 5.91 Å². The normalized spacial score (nSPS) is 24.1. The highest BCUT2D eigenvalue weighted by atomic mass is 16.2. The number of nitrogens with zero attached hydrogens (tertiary/aromatic N) is 2. The lowest BCUT2D eigenvalue weighted by atomic mass is 9.83. The summed E-state index contributed by atoms with van der Waals surface area (Å²) in [6.45, 7) is 2.47. The summed E-state index contributed by atoms with van der Waals surface area (Å²) in [5, 5.41) is 2.92. The van der Waals surface area contributed by atoms with Crippen LogP contribution >= 0.6 is 0 Å². The van der Waals surface area contributed by atoms with Gasteiger partial charge in [-0.25, -0.2) is 4.79 Å². The quantitative estimate of drug-likeness (QED) is 0.778. The molecular formula is C24H27N3O3. The van der Waals surface area contributed by atoms with Gasteiger partial charge in [-0.3, -0.25) is 14.5 Å². The molecule has 0 radical (unpaired) electrons. The first-order valence-electron chi connectivity index (χ1n) is 10.5. The van der Waals surface area contributed by atoms with Crippen LogP contribution in [0.25, 0.3) is 0 Å². The SMILES string of the molecule is C[C@@H]1CCCCN1C(=O)CN1C(=O)N[C@](Cc2ccccc2)(c2ccccc2)C1=O. The van der Waals surface area contributed by atoms with Gasteiger partial charge in [0.25, 0.3) is 5.91 Å². The van der Waals surface area contributed by atoms with Gasteiger partial charge >= 0.3 is 6.03 Å². The molecule has 0 saturated carbocycles. The molecule has 6 heteroatoms. The molecule has 2 heterocycles. The second-order valence-corrected chi connectivity index (χ2v) is 8.19. The van der Waals surface area contributed by atoms with Crippen molar-refractivity contribution in [2.45, 2.75) is 44.2 Å². The summed E-state index contributed by atoms with van der Waals surface area (Å²) in [5.41, 5.74) is 0.439. The van der Waals surface area contributed by atoms with E-state index in [-0.39, 0.29) is 24.4 Å². The fourth-order valence-corrected chi connectivity index (χ4v) is 4.51. The van der Waals surface area contributed by atoms with E-state index in [1.165, 1.54) is 0 Å². The molecule has 2 fully saturated rings. The van der Waals surface area contributed by atoms with Crippen molar-refractivity contribution in [1.29, 1.82) is 0 Å². The van der Waals surface area contributed by atoms with Gasteiger partial charge in [0, 0.05) is 19.0 Å². The van der Waals surface area contributed by atoms with E-state index in [1.807, 2.05) is 67.6 Å². The molecular weight excluding hydrogens is 378 g/mol. The van der Waals surface area contributed by atoms with Crippen LogP contribution in [0.3, 0.4) is 0 Å². The van der Waals surface area contributed by atoms with Crippen molar-refractivity contribution in [2.24, 2.45) is 0 Å². The molecule has 2 aromatic carbocycles. The Balaban J connectivity index is 1.63. The van der Waals surface area contributed by atoms with Crippen molar-refractivity contribution >= 4 is 17.8 Å². The second-order valence-electron chi connectivity index (χ2n) is 8.19. The second kappa shape index (κ2) is 8.30. The first-order valence-corrected chi connectivity index (χ1v) is 10.5. The van der Waals surface area contributed by atoms with Gasteiger partial charge in [-0.1, -0.05) is 60.7 Å². The van der Waals surface area contributed by atoms with Gasteiger partial charge in [0.05, 0.1) is 0 Å². The van der Waals surface area contributed by atoms with Gasteiger partial charge in [-0.15, -0.1) is 0 Å². The number of hydrogen-bond donors (Lipinski definition) is 1. The Hall–Kier alpha value is -3.15. The number of piperidine rings is 1. The maximum absolute atomic E-state index is 13.6. The fraction of sp³-hybridized carbons (Fsp3) is 0.375. The van der Waals surface area contributed by atoms with E-state index in [0.717, 1.165) is 29.7 Å². The zero-order valence-electron chi connectivity index (χ0n) is 17.2. The van der Waals surface area contributed by atoms with Gasteiger partial charge in [0.15, 0.2) is 5.54 Å². The summed E-state index contributed by atoms with van der Waals surface area (Å²) < 4.78 is 0. The van der Waals surface area contributed by atoms with Crippen molar-refractivity contribution in [3.8, 4) is 0 Å². The Kier molecular flexibility index (Phi) is 5.57. The molecule has 0 aromatic heterocycles. The molecule has 1 N–H and O–H groups in total. The topological polar surface area (TPSA) is 69.7 Å². The number of amides is 4. The summed E-state index contributed by atoms with van der Waals surface area (Å²) in [5.74, 6) is -0.546. The molecule has 2 saturated heterocycles. The zero-order chi connectivity index (χ0) is 21.1. The Bertz CT molecular complexity index is 931.